The molecule has 0 saturated carbocycles. The lowest BCUT2D eigenvalue weighted by atomic mass is 9.92. The molecule has 1 saturated heterocycles. The summed E-state index contributed by atoms with van der Waals surface area (Å²) in [5, 5.41) is 5.96. The lowest BCUT2D eigenvalue weighted by Gasteiger charge is -2.22. The molecule has 2 N–H and O–H groups in total. The lowest BCUT2D eigenvalue weighted by Crippen LogP contribution is -2.42. The summed E-state index contributed by atoms with van der Waals surface area (Å²) < 4.78 is 0.884. The SMILES string of the molecule is Cc1cc(Br)ccc1NC(=O)CN1C(=O)NC(C)(c2ccc(Cl)c(Cl)c2)C1=O. The highest BCUT2D eigenvalue weighted by Crippen LogP contribution is 2.33. The van der Waals surface area contributed by atoms with Crippen molar-refractivity contribution in [3.8, 4) is 0 Å². The second-order valence-electron chi connectivity index (χ2n) is 6.58. The van der Waals surface area contributed by atoms with Crippen molar-refractivity contribution in [2.45, 2.75) is 19.4 Å². The van der Waals surface area contributed by atoms with Gasteiger partial charge in [-0.1, -0.05) is 45.2 Å². The number of rotatable bonds is 4. The Kier molecular flexibility index (Phi) is 5.70. The molecule has 2 aromatic rings. The molecule has 1 aliphatic heterocycles. The fraction of sp³-hybridized carbons (Fsp3) is 0.211. The number of nitrogens with zero attached hydrogens (tertiary/aromatic N) is 1. The van der Waals surface area contributed by atoms with Gasteiger partial charge in [-0.15, -0.1) is 0 Å². The second kappa shape index (κ2) is 7.73. The van der Waals surface area contributed by atoms with Crippen molar-refractivity contribution in [3.05, 3.63) is 62.0 Å². The lowest BCUT2D eigenvalue weighted by molar-refractivity contribution is -0.133. The van der Waals surface area contributed by atoms with Crippen LogP contribution in [0.15, 0.2) is 40.9 Å². The number of carbonyl (C=O) groups excluding carboxylic acids is 3. The molecule has 0 radical (unpaired) electrons. The highest BCUT2D eigenvalue weighted by Gasteiger charge is 2.49. The first kappa shape index (κ1) is 20.6. The number of nitrogens with one attached hydrogen (secondary N) is 2. The highest BCUT2D eigenvalue weighted by atomic mass is 79.9. The molecular weight excluding hydrogens is 469 g/mol. The fourth-order valence-electron chi connectivity index (χ4n) is 2.94. The van der Waals surface area contributed by atoms with E-state index in [1.165, 1.54) is 6.07 Å². The fourth-order valence-corrected chi connectivity index (χ4v) is 3.72. The number of amides is 4. The van der Waals surface area contributed by atoms with Gasteiger partial charge in [-0.3, -0.25) is 14.5 Å². The van der Waals surface area contributed by atoms with Gasteiger partial charge in [-0.25, -0.2) is 4.79 Å². The van der Waals surface area contributed by atoms with Gasteiger partial charge in [0, 0.05) is 10.2 Å². The summed E-state index contributed by atoms with van der Waals surface area (Å²) in [5.41, 5.74) is 0.596. The second-order valence-corrected chi connectivity index (χ2v) is 8.31. The molecule has 1 atom stereocenters. The Hall–Kier alpha value is -2.09. The van der Waals surface area contributed by atoms with E-state index in [0.717, 1.165) is 14.9 Å². The number of aryl methyl sites for hydroxylation is 1. The topological polar surface area (TPSA) is 78.5 Å². The third-order valence-corrected chi connectivity index (χ3v) is 5.77. The van der Waals surface area contributed by atoms with Crippen molar-refractivity contribution in [2.24, 2.45) is 0 Å². The van der Waals surface area contributed by atoms with Crippen molar-refractivity contribution in [3.63, 3.8) is 0 Å². The van der Waals surface area contributed by atoms with Crippen LogP contribution in [0, 0.1) is 6.92 Å². The molecule has 0 bridgehead atoms. The van der Waals surface area contributed by atoms with Gasteiger partial charge in [-0.2, -0.15) is 0 Å². The van der Waals surface area contributed by atoms with E-state index < -0.39 is 29.9 Å². The highest BCUT2D eigenvalue weighted by molar-refractivity contribution is 9.10. The molecule has 0 aromatic heterocycles. The van der Waals surface area contributed by atoms with Crippen molar-refractivity contribution in [2.75, 3.05) is 11.9 Å². The van der Waals surface area contributed by atoms with Crippen LogP contribution < -0.4 is 10.6 Å². The summed E-state index contributed by atoms with van der Waals surface area (Å²) in [7, 11) is 0. The van der Waals surface area contributed by atoms with E-state index in [1.807, 2.05) is 13.0 Å². The molecule has 2 aromatic carbocycles. The number of benzene rings is 2. The number of carbonyl (C=O) groups is 3. The normalized spacial score (nSPS) is 19.0. The zero-order valence-corrected chi connectivity index (χ0v) is 18.1. The number of hydrogen-bond acceptors (Lipinski definition) is 3. The van der Waals surface area contributed by atoms with Crippen molar-refractivity contribution in [1.29, 1.82) is 0 Å². The molecule has 3 rings (SSSR count). The molecule has 1 unspecified atom stereocenters. The van der Waals surface area contributed by atoms with Gasteiger partial charge in [0.25, 0.3) is 5.91 Å². The number of halogens is 3. The van der Waals surface area contributed by atoms with Crippen LogP contribution in [0.2, 0.25) is 10.0 Å². The summed E-state index contributed by atoms with van der Waals surface area (Å²) in [4.78, 5) is 38.6. The molecule has 0 spiro atoms. The van der Waals surface area contributed by atoms with Crippen molar-refractivity contribution < 1.29 is 14.4 Å². The number of hydrogen-bond donors (Lipinski definition) is 2. The van der Waals surface area contributed by atoms with E-state index in [-0.39, 0.29) is 5.02 Å². The molecule has 4 amide bonds. The van der Waals surface area contributed by atoms with Crippen LogP contribution in [0.5, 0.6) is 0 Å². The van der Waals surface area contributed by atoms with Crippen LogP contribution >= 0.6 is 39.1 Å². The van der Waals surface area contributed by atoms with Crippen LogP contribution in [-0.4, -0.2) is 29.3 Å². The minimum Gasteiger partial charge on any atom is -0.324 e. The number of urea groups is 1. The van der Waals surface area contributed by atoms with Crippen LogP contribution in [0.4, 0.5) is 10.5 Å². The summed E-state index contributed by atoms with van der Waals surface area (Å²) in [5.74, 6) is -1.02. The van der Waals surface area contributed by atoms with Gasteiger partial charge in [0.1, 0.15) is 12.1 Å². The molecule has 146 valence electrons. The summed E-state index contributed by atoms with van der Waals surface area (Å²) in [6, 6.07) is 9.42. The Balaban J connectivity index is 1.77. The van der Waals surface area contributed by atoms with Gasteiger partial charge in [0.05, 0.1) is 10.0 Å². The quantitative estimate of drug-likeness (QED) is 0.628. The van der Waals surface area contributed by atoms with Crippen LogP contribution in [0.3, 0.4) is 0 Å². The molecule has 6 nitrogen and oxygen atoms in total. The maximum Gasteiger partial charge on any atom is 0.325 e. The Morgan fingerprint density at radius 2 is 1.89 bits per heavy atom. The van der Waals surface area contributed by atoms with Gasteiger partial charge in [0.2, 0.25) is 5.91 Å². The Morgan fingerprint density at radius 3 is 2.54 bits per heavy atom. The number of anilines is 1. The predicted octanol–water partition coefficient (Wildman–Crippen LogP) is 4.47. The molecule has 1 heterocycles. The standard InChI is InChI=1S/C19H16BrCl2N3O3/c1-10-7-12(20)4-6-15(10)23-16(26)9-25-17(27)19(2,24-18(25)28)11-3-5-13(21)14(22)8-11/h3-8H,9H2,1-2H3,(H,23,26)(H,24,28). The summed E-state index contributed by atoms with van der Waals surface area (Å²) in [6.45, 7) is 3.00. The van der Waals surface area contributed by atoms with Crippen LogP contribution in [0.25, 0.3) is 0 Å². The average Bonchev–Trinajstić information content (AvgIpc) is 2.84. The summed E-state index contributed by atoms with van der Waals surface area (Å²) >= 11 is 15.3. The predicted molar refractivity (Wildman–Crippen MR) is 112 cm³/mol. The minimum atomic E-state index is -1.33. The van der Waals surface area contributed by atoms with E-state index in [0.29, 0.717) is 16.3 Å². The minimum absolute atomic E-state index is 0.268. The van der Waals surface area contributed by atoms with E-state index in [2.05, 4.69) is 26.6 Å². The Labute approximate surface area is 180 Å². The van der Waals surface area contributed by atoms with Gasteiger partial charge < -0.3 is 10.6 Å². The molecule has 1 aliphatic rings. The largest absolute Gasteiger partial charge is 0.325 e. The van der Waals surface area contributed by atoms with Gasteiger partial charge >= 0.3 is 6.03 Å². The molecule has 28 heavy (non-hydrogen) atoms. The molecule has 9 heteroatoms. The molecule has 0 aliphatic carbocycles. The maximum absolute atomic E-state index is 12.9. The van der Waals surface area contributed by atoms with E-state index in [1.54, 1.807) is 31.2 Å². The first-order chi connectivity index (χ1) is 13.1. The van der Waals surface area contributed by atoms with E-state index in [4.69, 9.17) is 23.2 Å². The maximum atomic E-state index is 12.9. The Morgan fingerprint density at radius 1 is 1.18 bits per heavy atom. The van der Waals surface area contributed by atoms with E-state index in [9.17, 15) is 14.4 Å². The molecular formula is C19H16BrCl2N3O3. The average molecular weight is 485 g/mol. The summed E-state index contributed by atoms with van der Waals surface area (Å²) in [6.07, 6.45) is 0. The first-order valence-electron chi connectivity index (χ1n) is 8.27. The number of imide groups is 1. The smallest absolute Gasteiger partial charge is 0.324 e. The van der Waals surface area contributed by atoms with E-state index >= 15 is 0 Å². The van der Waals surface area contributed by atoms with Crippen molar-refractivity contribution >= 4 is 62.7 Å². The van der Waals surface area contributed by atoms with Gasteiger partial charge in [0.15, 0.2) is 0 Å². The van der Waals surface area contributed by atoms with Crippen LogP contribution in [-0.2, 0) is 15.1 Å². The zero-order valence-electron chi connectivity index (χ0n) is 15.0. The molecule has 1 fully saturated rings. The third kappa shape index (κ3) is 3.87. The van der Waals surface area contributed by atoms with Crippen LogP contribution in [0.1, 0.15) is 18.1 Å². The van der Waals surface area contributed by atoms with Gasteiger partial charge in [-0.05, 0) is 55.3 Å². The van der Waals surface area contributed by atoms with Crippen molar-refractivity contribution in [1.82, 2.24) is 10.2 Å². The Bertz CT molecular complexity index is 998. The monoisotopic (exact) mass is 483 g/mol. The third-order valence-electron chi connectivity index (χ3n) is 4.54. The first-order valence-corrected chi connectivity index (χ1v) is 9.82. The zero-order chi connectivity index (χ0) is 20.6.